The van der Waals surface area contributed by atoms with Gasteiger partial charge in [0.05, 0.1) is 12.7 Å². The van der Waals surface area contributed by atoms with Crippen LogP contribution in [0.1, 0.15) is 12.5 Å². The van der Waals surface area contributed by atoms with Crippen LogP contribution < -0.4 is 10.2 Å². The number of thiazole rings is 1. The van der Waals surface area contributed by atoms with Gasteiger partial charge in [-0.05, 0) is 18.6 Å². The van der Waals surface area contributed by atoms with Crippen molar-refractivity contribution in [3.05, 3.63) is 35.5 Å². The first-order chi connectivity index (χ1) is 9.81. The lowest BCUT2D eigenvalue weighted by Crippen LogP contribution is -2.41. The minimum Gasteiger partial charge on any atom is -0.375 e. The van der Waals surface area contributed by atoms with Gasteiger partial charge < -0.3 is 15.0 Å². The summed E-state index contributed by atoms with van der Waals surface area (Å²) >= 11 is 1.60. The number of pyridine rings is 1. The molecule has 0 unspecified atom stereocenters. The van der Waals surface area contributed by atoms with Crippen molar-refractivity contribution >= 4 is 22.3 Å². The first-order valence-corrected chi connectivity index (χ1v) is 7.64. The molecule has 0 saturated carbocycles. The summed E-state index contributed by atoms with van der Waals surface area (Å²) in [4.78, 5) is 11.0. The van der Waals surface area contributed by atoms with Gasteiger partial charge in [-0.3, -0.25) is 0 Å². The third-order valence-electron chi connectivity index (χ3n) is 3.25. The Kier molecular flexibility index (Phi) is 4.13. The normalized spacial score (nSPS) is 19.1. The van der Waals surface area contributed by atoms with Crippen LogP contribution in [0.3, 0.4) is 0 Å². The molecule has 1 saturated heterocycles. The molecule has 0 bridgehead atoms. The molecule has 0 amide bonds. The zero-order valence-electron chi connectivity index (χ0n) is 11.5. The molecule has 2 aromatic heterocycles. The van der Waals surface area contributed by atoms with Crippen LogP contribution in [-0.4, -0.2) is 35.8 Å². The quantitative estimate of drug-likeness (QED) is 0.937. The first kappa shape index (κ1) is 13.3. The fraction of sp³-hybridized carbons (Fsp3) is 0.429. The summed E-state index contributed by atoms with van der Waals surface area (Å²) in [5.41, 5.74) is 1.16. The van der Waals surface area contributed by atoms with Gasteiger partial charge in [-0.1, -0.05) is 6.07 Å². The minimum absolute atomic E-state index is 0.275. The number of aromatic nitrogens is 2. The Morgan fingerprint density at radius 1 is 1.45 bits per heavy atom. The van der Waals surface area contributed by atoms with Crippen molar-refractivity contribution in [1.82, 2.24) is 9.97 Å². The molecule has 0 aromatic carbocycles. The second kappa shape index (κ2) is 6.19. The van der Waals surface area contributed by atoms with Crippen molar-refractivity contribution in [3.8, 4) is 0 Å². The predicted molar refractivity (Wildman–Crippen MR) is 81.3 cm³/mol. The van der Waals surface area contributed by atoms with E-state index in [4.69, 9.17) is 4.74 Å². The monoisotopic (exact) mass is 290 g/mol. The summed E-state index contributed by atoms with van der Waals surface area (Å²) in [6.45, 7) is 5.44. The summed E-state index contributed by atoms with van der Waals surface area (Å²) in [7, 11) is 0. The van der Waals surface area contributed by atoms with Gasteiger partial charge in [0, 0.05) is 37.4 Å². The van der Waals surface area contributed by atoms with E-state index in [2.05, 4.69) is 39.2 Å². The summed E-state index contributed by atoms with van der Waals surface area (Å²) in [6.07, 6.45) is 4.00. The summed E-state index contributed by atoms with van der Waals surface area (Å²) in [5.74, 6) is 1.03. The molecule has 1 atom stereocenters. The van der Waals surface area contributed by atoms with E-state index in [1.54, 1.807) is 17.5 Å². The molecule has 1 N–H and O–H groups in total. The molecule has 1 fully saturated rings. The number of hydrogen-bond donors (Lipinski definition) is 1. The molecular weight excluding hydrogens is 272 g/mol. The minimum atomic E-state index is 0.275. The van der Waals surface area contributed by atoms with E-state index in [0.717, 1.165) is 42.8 Å². The van der Waals surface area contributed by atoms with E-state index in [9.17, 15) is 0 Å². The third-order valence-corrected chi connectivity index (χ3v) is 3.98. The lowest BCUT2D eigenvalue weighted by Gasteiger charge is -2.32. The Balaban J connectivity index is 1.59. The summed E-state index contributed by atoms with van der Waals surface area (Å²) in [6, 6.07) is 4.19. The third kappa shape index (κ3) is 3.26. The molecule has 3 heterocycles. The number of nitrogens with one attached hydrogen (secondary N) is 1. The number of rotatable bonds is 4. The highest BCUT2D eigenvalue weighted by Gasteiger charge is 2.17. The lowest BCUT2D eigenvalue weighted by atomic mass is 10.2. The molecule has 0 radical (unpaired) electrons. The second-order valence-electron chi connectivity index (χ2n) is 4.84. The van der Waals surface area contributed by atoms with Gasteiger partial charge in [-0.25, -0.2) is 9.97 Å². The van der Waals surface area contributed by atoms with Gasteiger partial charge in [0.15, 0.2) is 5.13 Å². The Morgan fingerprint density at radius 2 is 2.40 bits per heavy atom. The zero-order valence-corrected chi connectivity index (χ0v) is 12.3. The molecule has 5 nitrogen and oxygen atoms in total. The number of nitrogens with zero attached hydrogens (tertiary/aromatic N) is 3. The highest BCUT2D eigenvalue weighted by molar-refractivity contribution is 7.13. The maximum atomic E-state index is 5.55. The number of morpholine rings is 1. The van der Waals surface area contributed by atoms with Crippen LogP contribution >= 0.6 is 11.3 Å². The molecule has 0 aliphatic carbocycles. The van der Waals surface area contributed by atoms with Crippen molar-refractivity contribution in [2.45, 2.75) is 19.6 Å². The van der Waals surface area contributed by atoms with Crippen molar-refractivity contribution in [1.29, 1.82) is 0 Å². The highest BCUT2D eigenvalue weighted by Crippen LogP contribution is 2.16. The first-order valence-electron chi connectivity index (χ1n) is 6.76. The molecule has 0 spiro atoms. The Hall–Kier alpha value is -1.66. The molecule has 3 rings (SSSR count). The smallest absolute Gasteiger partial charge is 0.182 e. The number of anilines is 2. The maximum Gasteiger partial charge on any atom is 0.182 e. The Bertz CT molecular complexity index is 529. The van der Waals surface area contributed by atoms with Crippen LogP contribution in [0, 0.1) is 0 Å². The molecule has 6 heteroatoms. The topological polar surface area (TPSA) is 50.3 Å². The number of ether oxygens (including phenoxy) is 1. The van der Waals surface area contributed by atoms with Crippen molar-refractivity contribution in [2.24, 2.45) is 0 Å². The maximum absolute atomic E-state index is 5.55. The van der Waals surface area contributed by atoms with Crippen molar-refractivity contribution < 1.29 is 4.74 Å². The van der Waals surface area contributed by atoms with E-state index in [-0.39, 0.29) is 6.10 Å². The van der Waals surface area contributed by atoms with Gasteiger partial charge in [-0.2, -0.15) is 0 Å². The van der Waals surface area contributed by atoms with E-state index in [1.807, 2.05) is 11.6 Å². The summed E-state index contributed by atoms with van der Waals surface area (Å²) in [5, 5.41) is 6.18. The molecule has 106 valence electrons. The van der Waals surface area contributed by atoms with E-state index in [1.165, 1.54) is 0 Å². The fourth-order valence-electron chi connectivity index (χ4n) is 2.22. The van der Waals surface area contributed by atoms with Crippen molar-refractivity contribution in [2.75, 3.05) is 29.9 Å². The highest BCUT2D eigenvalue weighted by atomic mass is 32.1. The second-order valence-corrected chi connectivity index (χ2v) is 5.74. The van der Waals surface area contributed by atoms with Gasteiger partial charge in [0.25, 0.3) is 0 Å². The van der Waals surface area contributed by atoms with Crippen LogP contribution in [-0.2, 0) is 11.3 Å². The van der Waals surface area contributed by atoms with E-state index < -0.39 is 0 Å². The molecular formula is C14H18N4OS. The Labute approximate surface area is 122 Å². The zero-order chi connectivity index (χ0) is 13.8. The molecule has 1 aliphatic heterocycles. The van der Waals surface area contributed by atoms with Crippen LogP contribution in [0.5, 0.6) is 0 Å². The van der Waals surface area contributed by atoms with Gasteiger partial charge >= 0.3 is 0 Å². The molecule has 2 aromatic rings. The van der Waals surface area contributed by atoms with Crippen LogP contribution in [0.2, 0.25) is 0 Å². The van der Waals surface area contributed by atoms with Gasteiger partial charge in [0.2, 0.25) is 0 Å². The molecule has 20 heavy (non-hydrogen) atoms. The average molecular weight is 290 g/mol. The Morgan fingerprint density at radius 3 is 3.10 bits per heavy atom. The van der Waals surface area contributed by atoms with Gasteiger partial charge in [0.1, 0.15) is 5.82 Å². The molecule has 1 aliphatic rings. The van der Waals surface area contributed by atoms with E-state index in [0.29, 0.717) is 0 Å². The van der Waals surface area contributed by atoms with Crippen LogP contribution in [0.25, 0.3) is 0 Å². The number of hydrogen-bond acceptors (Lipinski definition) is 6. The van der Waals surface area contributed by atoms with Crippen LogP contribution in [0.15, 0.2) is 29.9 Å². The SMILES string of the molecule is C[C@H]1CN(c2ccc(CNc3nccs3)cn2)CCO1. The largest absolute Gasteiger partial charge is 0.375 e. The van der Waals surface area contributed by atoms with Crippen LogP contribution in [0.4, 0.5) is 10.9 Å². The van der Waals surface area contributed by atoms with E-state index >= 15 is 0 Å². The standard InChI is InChI=1S/C14H18N4OS/c1-11-10-18(5-6-19-11)13-3-2-12(8-16-13)9-17-14-15-4-7-20-14/h2-4,7-8,11H,5-6,9-10H2,1H3,(H,15,17)/t11-/m0/s1. The summed E-state index contributed by atoms with van der Waals surface area (Å²) < 4.78 is 5.55. The lowest BCUT2D eigenvalue weighted by molar-refractivity contribution is 0.0529. The van der Waals surface area contributed by atoms with Crippen molar-refractivity contribution in [3.63, 3.8) is 0 Å². The van der Waals surface area contributed by atoms with Gasteiger partial charge in [-0.15, -0.1) is 11.3 Å². The predicted octanol–water partition coefficient (Wildman–Crippen LogP) is 2.38. The fourth-order valence-corrected chi connectivity index (χ4v) is 2.75. The average Bonchev–Trinajstić information content (AvgIpc) is 2.99.